The van der Waals surface area contributed by atoms with Crippen LogP contribution < -0.4 is 5.32 Å². The number of aryl methyl sites for hydroxylation is 2. The van der Waals surface area contributed by atoms with Crippen molar-refractivity contribution in [2.45, 2.75) is 13.5 Å². The summed E-state index contributed by atoms with van der Waals surface area (Å²) < 4.78 is 3.46. The van der Waals surface area contributed by atoms with Crippen molar-refractivity contribution in [3.63, 3.8) is 0 Å². The molecule has 0 atom stereocenters. The minimum atomic E-state index is -0.149. The van der Waals surface area contributed by atoms with Crippen LogP contribution in [-0.4, -0.2) is 30.5 Å². The van der Waals surface area contributed by atoms with E-state index >= 15 is 0 Å². The van der Waals surface area contributed by atoms with E-state index < -0.39 is 0 Å². The number of halogens is 1. The zero-order chi connectivity index (χ0) is 19.7. The van der Waals surface area contributed by atoms with Gasteiger partial charge in [-0.3, -0.25) is 9.48 Å². The summed E-state index contributed by atoms with van der Waals surface area (Å²) in [7, 11) is 1.85. The van der Waals surface area contributed by atoms with Crippen molar-refractivity contribution in [3.05, 3.63) is 70.2 Å². The van der Waals surface area contributed by atoms with Gasteiger partial charge >= 0.3 is 0 Å². The van der Waals surface area contributed by atoms with Gasteiger partial charge in [0.2, 0.25) is 0 Å². The fourth-order valence-corrected chi connectivity index (χ4v) is 3.79. The highest BCUT2D eigenvalue weighted by atomic mass is 35.5. The monoisotopic (exact) mass is 412 g/mol. The van der Waals surface area contributed by atoms with Crippen LogP contribution in [0.3, 0.4) is 0 Å². The first-order valence-electron chi connectivity index (χ1n) is 8.54. The van der Waals surface area contributed by atoms with Crippen molar-refractivity contribution < 1.29 is 4.79 Å². The molecule has 28 heavy (non-hydrogen) atoms. The molecule has 9 heteroatoms. The lowest BCUT2D eigenvalue weighted by molar-refractivity contribution is 0.0954. The first kappa shape index (κ1) is 18.4. The maximum absolute atomic E-state index is 12.6. The van der Waals surface area contributed by atoms with Crippen LogP contribution in [0.2, 0.25) is 5.02 Å². The lowest BCUT2D eigenvalue weighted by atomic mass is 10.3. The number of amides is 1. The molecule has 1 aromatic carbocycles. The maximum Gasteiger partial charge on any atom is 0.263 e. The quantitative estimate of drug-likeness (QED) is 0.543. The number of nitrogens with one attached hydrogen (secondary N) is 1. The summed E-state index contributed by atoms with van der Waals surface area (Å²) >= 11 is 7.28. The summed E-state index contributed by atoms with van der Waals surface area (Å²) in [5.41, 5.74) is 3.41. The van der Waals surface area contributed by atoms with E-state index in [4.69, 9.17) is 11.6 Å². The van der Waals surface area contributed by atoms with Crippen molar-refractivity contribution in [2.24, 2.45) is 7.05 Å². The van der Waals surface area contributed by atoms with E-state index in [1.54, 1.807) is 21.8 Å². The molecule has 142 valence electrons. The minimum Gasteiger partial charge on any atom is -0.347 e. The zero-order valence-electron chi connectivity index (χ0n) is 15.3. The summed E-state index contributed by atoms with van der Waals surface area (Å²) in [6.07, 6.45) is 7.23. The molecular weight excluding hydrogens is 396 g/mol. The highest BCUT2D eigenvalue weighted by Gasteiger charge is 2.17. The fourth-order valence-electron chi connectivity index (χ4n) is 2.71. The third-order valence-electron chi connectivity index (χ3n) is 4.13. The van der Waals surface area contributed by atoms with Crippen LogP contribution in [0.1, 0.15) is 20.9 Å². The Labute approximate surface area is 170 Å². The maximum atomic E-state index is 12.6. The summed E-state index contributed by atoms with van der Waals surface area (Å²) in [4.78, 5) is 17.7. The van der Waals surface area contributed by atoms with Gasteiger partial charge in [-0.2, -0.15) is 10.2 Å². The average Bonchev–Trinajstić information content (AvgIpc) is 3.40. The average molecular weight is 413 g/mol. The largest absolute Gasteiger partial charge is 0.347 e. The first-order chi connectivity index (χ1) is 13.5. The van der Waals surface area contributed by atoms with E-state index in [2.05, 4.69) is 20.5 Å². The standard InChI is InChI=1S/C19H17ClN6OS/c1-12-17(28-19(24-12)14-9-22-25(2)11-14)18(27)21-7-13-8-23-26(10-13)16-5-3-15(20)4-6-16/h3-6,8-11H,7H2,1-2H3,(H,21,27). The van der Waals surface area contributed by atoms with Gasteiger partial charge in [0.1, 0.15) is 9.88 Å². The topological polar surface area (TPSA) is 77.6 Å². The highest BCUT2D eigenvalue weighted by molar-refractivity contribution is 7.17. The summed E-state index contributed by atoms with van der Waals surface area (Å²) in [5.74, 6) is -0.149. The predicted molar refractivity (Wildman–Crippen MR) is 109 cm³/mol. The van der Waals surface area contributed by atoms with Crippen LogP contribution in [0.5, 0.6) is 0 Å². The number of aromatic nitrogens is 5. The number of carbonyl (C=O) groups excluding carboxylic acids is 1. The predicted octanol–water partition coefficient (Wildman–Crippen LogP) is 3.62. The number of nitrogens with zero attached hydrogens (tertiary/aromatic N) is 5. The van der Waals surface area contributed by atoms with Crippen LogP contribution in [0, 0.1) is 6.92 Å². The van der Waals surface area contributed by atoms with Gasteiger partial charge in [0.05, 0.1) is 23.8 Å². The molecule has 7 nitrogen and oxygen atoms in total. The molecule has 0 aliphatic heterocycles. The molecule has 0 spiro atoms. The zero-order valence-corrected chi connectivity index (χ0v) is 16.8. The Bertz CT molecular complexity index is 1130. The van der Waals surface area contributed by atoms with Gasteiger partial charge in [-0.15, -0.1) is 11.3 Å². The summed E-state index contributed by atoms with van der Waals surface area (Å²) in [5, 5.41) is 12.9. The smallest absolute Gasteiger partial charge is 0.263 e. The molecule has 1 amide bonds. The Balaban J connectivity index is 1.44. The van der Waals surface area contributed by atoms with Crippen LogP contribution >= 0.6 is 22.9 Å². The molecule has 3 aromatic heterocycles. The Hall–Kier alpha value is -2.97. The Morgan fingerprint density at radius 3 is 2.68 bits per heavy atom. The first-order valence-corrected chi connectivity index (χ1v) is 9.73. The molecule has 1 N–H and O–H groups in total. The Morgan fingerprint density at radius 2 is 1.96 bits per heavy atom. The van der Waals surface area contributed by atoms with Gasteiger partial charge in [0.15, 0.2) is 0 Å². The second-order valence-corrected chi connectivity index (χ2v) is 7.72. The molecule has 0 aliphatic carbocycles. The van der Waals surface area contributed by atoms with E-state index in [9.17, 15) is 4.79 Å². The number of hydrogen-bond donors (Lipinski definition) is 1. The Kier molecular flexibility index (Phi) is 4.97. The normalized spacial score (nSPS) is 11.0. The van der Waals surface area contributed by atoms with Crippen molar-refractivity contribution in [3.8, 4) is 16.3 Å². The van der Waals surface area contributed by atoms with Gasteiger partial charge < -0.3 is 5.32 Å². The minimum absolute atomic E-state index is 0.149. The molecule has 0 fully saturated rings. The van der Waals surface area contributed by atoms with E-state index in [0.29, 0.717) is 22.1 Å². The van der Waals surface area contributed by atoms with Crippen molar-refractivity contribution in [1.29, 1.82) is 0 Å². The molecule has 0 bridgehead atoms. The van der Waals surface area contributed by atoms with E-state index in [0.717, 1.165) is 21.8 Å². The second kappa shape index (κ2) is 7.57. The molecule has 0 aliphatic rings. The molecule has 0 saturated carbocycles. The molecule has 4 rings (SSSR count). The number of carbonyl (C=O) groups is 1. The SMILES string of the molecule is Cc1nc(-c2cnn(C)c2)sc1C(=O)NCc1cnn(-c2ccc(Cl)cc2)c1. The number of rotatable bonds is 5. The summed E-state index contributed by atoms with van der Waals surface area (Å²) in [6, 6.07) is 7.40. The lowest BCUT2D eigenvalue weighted by Crippen LogP contribution is -2.22. The van der Waals surface area contributed by atoms with Crippen molar-refractivity contribution in [1.82, 2.24) is 29.9 Å². The molecular formula is C19H17ClN6OS. The van der Waals surface area contributed by atoms with Crippen LogP contribution in [0.4, 0.5) is 0 Å². The lowest BCUT2D eigenvalue weighted by Gasteiger charge is -2.02. The van der Waals surface area contributed by atoms with Gasteiger partial charge in [-0.25, -0.2) is 9.67 Å². The van der Waals surface area contributed by atoms with Crippen LogP contribution in [-0.2, 0) is 13.6 Å². The van der Waals surface area contributed by atoms with Crippen molar-refractivity contribution >= 4 is 28.8 Å². The third-order valence-corrected chi connectivity index (χ3v) is 5.59. The molecule has 0 radical (unpaired) electrons. The fraction of sp³-hybridized carbons (Fsp3) is 0.158. The summed E-state index contributed by atoms with van der Waals surface area (Å²) in [6.45, 7) is 2.22. The van der Waals surface area contributed by atoms with Gasteiger partial charge in [-0.05, 0) is 31.2 Å². The molecule has 0 unspecified atom stereocenters. The number of benzene rings is 1. The number of thiazole rings is 1. The molecule has 3 heterocycles. The Morgan fingerprint density at radius 1 is 1.18 bits per heavy atom. The highest BCUT2D eigenvalue weighted by Crippen LogP contribution is 2.27. The van der Waals surface area contributed by atoms with E-state index in [-0.39, 0.29) is 5.91 Å². The van der Waals surface area contributed by atoms with Crippen LogP contribution in [0.15, 0.2) is 49.1 Å². The van der Waals surface area contributed by atoms with Gasteiger partial charge in [0, 0.05) is 42.1 Å². The van der Waals surface area contributed by atoms with Gasteiger partial charge in [-0.1, -0.05) is 11.6 Å². The number of hydrogen-bond acceptors (Lipinski definition) is 5. The molecule has 4 aromatic rings. The van der Waals surface area contributed by atoms with Crippen LogP contribution in [0.25, 0.3) is 16.3 Å². The van der Waals surface area contributed by atoms with Crippen molar-refractivity contribution in [2.75, 3.05) is 0 Å². The van der Waals surface area contributed by atoms with Gasteiger partial charge in [0.25, 0.3) is 5.91 Å². The third kappa shape index (κ3) is 3.83. The van der Waals surface area contributed by atoms with E-state index in [1.165, 1.54) is 11.3 Å². The second-order valence-electron chi connectivity index (χ2n) is 6.29. The molecule has 0 saturated heterocycles. The van der Waals surface area contributed by atoms with E-state index in [1.807, 2.05) is 50.6 Å².